The lowest BCUT2D eigenvalue weighted by molar-refractivity contribution is -0.120. The molecule has 172 valence electrons. The Morgan fingerprint density at radius 2 is 1.79 bits per heavy atom. The monoisotopic (exact) mass is 445 g/mol. The third-order valence-corrected chi connectivity index (χ3v) is 6.45. The highest BCUT2D eigenvalue weighted by Crippen LogP contribution is 2.36. The van der Waals surface area contributed by atoms with Crippen molar-refractivity contribution in [2.24, 2.45) is 11.7 Å². The maximum atomic E-state index is 12.4. The van der Waals surface area contributed by atoms with Gasteiger partial charge in [0.1, 0.15) is 5.75 Å². The lowest BCUT2D eigenvalue weighted by atomic mass is 9.80. The number of fused-ring (bicyclic) bond motifs is 1. The van der Waals surface area contributed by atoms with Gasteiger partial charge in [-0.2, -0.15) is 0 Å². The topological polar surface area (TPSA) is 94.3 Å². The molecule has 3 aromatic rings. The van der Waals surface area contributed by atoms with Crippen molar-refractivity contribution in [2.75, 3.05) is 13.2 Å². The Morgan fingerprint density at radius 1 is 1.06 bits per heavy atom. The van der Waals surface area contributed by atoms with Crippen molar-refractivity contribution < 1.29 is 14.3 Å². The van der Waals surface area contributed by atoms with Crippen LogP contribution >= 0.6 is 0 Å². The van der Waals surface area contributed by atoms with Crippen molar-refractivity contribution in [3.05, 3.63) is 71.4 Å². The summed E-state index contributed by atoms with van der Waals surface area (Å²) >= 11 is 0. The highest BCUT2D eigenvalue weighted by molar-refractivity contribution is 6.05. The second kappa shape index (κ2) is 10.5. The van der Waals surface area contributed by atoms with Gasteiger partial charge >= 0.3 is 0 Å². The maximum Gasteiger partial charge on any atom is 0.249 e. The summed E-state index contributed by atoms with van der Waals surface area (Å²) in [6.45, 7) is 3.27. The van der Waals surface area contributed by atoms with E-state index in [0.29, 0.717) is 37.0 Å². The second-order valence-corrected chi connectivity index (χ2v) is 8.75. The van der Waals surface area contributed by atoms with E-state index in [-0.39, 0.29) is 5.91 Å². The van der Waals surface area contributed by atoms with Crippen LogP contribution in [0.3, 0.4) is 0 Å². The van der Waals surface area contributed by atoms with E-state index in [0.717, 1.165) is 53.6 Å². The van der Waals surface area contributed by atoms with Crippen molar-refractivity contribution in [1.82, 2.24) is 10.3 Å². The third-order valence-electron chi connectivity index (χ3n) is 6.45. The van der Waals surface area contributed by atoms with E-state index in [1.54, 1.807) is 0 Å². The number of benzene rings is 2. The van der Waals surface area contributed by atoms with Gasteiger partial charge in [-0.1, -0.05) is 30.3 Å². The fraction of sp³-hybridized carbons (Fsp3) is 0.370. The Morgan fingerprint density at radius 3 is 2.48 bits per heavy atom. The predicted octanol–water partition coefficient (Wildman–Crippen LogP) is 4.37. The fourth-order valence-electron chi connectivity index (χ4n) is 4.65. The van der Waals surface area contributed by atoms with Crippen molar-refractivity contribution in [3.8, 4) is 5.75 Å². The molecule has 0 aliphatic heterocycles. The number of aromatic nitrogens is 1. The number of para-hydroxylation sites is 1. The van der Waals surface area contributed by atoms with Crippen LogP contribution in [-0.4, -0.2) is 29.9 Å². The normalized spacial score (nSPS) is 18.1. The quantitative estimate of drug-likeness (QED) is 0.538. The Bertz CT molecular complexity index is 1120. The van der Waals surface area contributed by atoms with E-state index in [4.69, 9.17) is 15.5 Å². The Kier molecular flexibility index (Phi) is 7.23. The average molecular weight is 446 g/mol. The number of carbonyl (C=O) groups excluding carboxylic acids is 2. The maximum absolute atomic E-state index is 12.4. The van der Waals surface area contributed by atoms with Crippen LogP contribution in [0.25, 0.3) is 10.9 Å². The molecule has 0 spiro atoms. The van der Waals surface area contributed by atoms with Crippen LogP contribution in [0.1, 0.15) is 60.1 Å². The van der Waals surface area contributed by atoms with Gasteiger partial charge < -0.3 is 15.8 Å². The number of rotatable bonds is 8. The summed E-state index contributed by atoms with van der Waals surface area (Å²) in [7, 11) is 0. The number of ether oxygens (including phenoxy) is 1. The van der Waals surface area contributed by atoms with Crippen LogP contribution in [0.2, 0.25) is 0 Å². The number of nitrogens with two attached hydrogens (primary N) is 1. The highest BCUT2D eigenvalue weighted by atomic mass is 16.5. The smallest absolute Gasteiger partial charge is 0.249 e. The predicted molar refractivity (Wildman–Crippen MR) is 129 cm³/mol. The molecule has 1 aliphatic carbocycles. The van der Waals surface area contributed by atoms with Gasteiger partial charge in [-0.25, -0.2) is 0 Å². The zero-order chi connectivity index (χ0) is 23.2. The van der Waals surface area contributed by atoms with E-state index in [1.807, 2.05) is 61.5 Å². The first kappa shape index (κ1) is 22.8. The average Bonchev–Trinajstić information content (AvgIpc) is 2.83. The number of hydrogen-bond acceptors (Lipinski definition) is 4. The van der Waals surface area contributed by atoms with E-state index in [9.17, 15) is 9.59 Å². The molecule has 1 aliphatic rings. The third kappa shape index (κ3) is 5.69. The SMILES string of the molecule is CCOc1ccc(CC(=O)NCC2CCC(c3cc(C(N)=O)c4ccccc4n3)CC2)cc1. The van der Waals surface area contributed by atoms with Crippen LogP contribution in [0.4, 0.5) is 0 Å². The summed E-state index contributed by atoms with van der Waals surface area (Å²) < 4.78 is 5.44. The molecule has 0 atom stereocenters. The first-order valence-corrected chi connectivity index (χ1v) is 11.7. The molecule has 1 fully saturated rings. The standard InChI is InChI=1S/C27H31N3O3/c1-2-33-21-13-9-18(10-14-21)15-26(31)29-17-19-7-11-20(12-8-19)25-16-23(27(28)32)22-5-3-4-6-24(22)30-25/h3-6,9-10,13-14,16,19-20H,2,7-8,11-12,15,17H2,1H3,(H2,28,32)(H,29,31). The lowest BCUT2D eigenvalue weighted by Crippen LogP contribution is -2.32. The van der Waals surface area contributed by atoms with Gasteiger partial charge in [-0.15, -0.1) is 0 Å². The molecule has 33 heavy (non-hydrogen) atoms. The van der Waals surface area contributed by atoms with Crippen LogP contribution in [0.5, 0.6) is 5.75 Å². The molecule has 0 saturated heterocycles. The second-order valence-electron chi connectivity index (χ2n) is 8.75. The van der Waals surface area contributed by atoms with Crippen molar-refractivity contribution in [3.63, 3.8) is 0 Å². The molecular weight excluding hydrogens is 414 g/mol. The molecule has 6 heteroatoms. The summed E-state index contributed by atoms with van der Waals surface area (Å²) in [6.07, 6.45) is 4.40. The number of primary amides is 1. The first-order chi connectivity index (χ1) is 16.0. The lowest BCUT2D eigenvalue weighted by Gasteiger charge is -2.28. The number of nitrogens with one attached hydrogen (secondary N) is 1. The van der Waals surface area contributed by atoms with E-state index < -0.39 is 5.91 Å². The van der Waals surface area contributed by atoms with Crippen molar-refractivity contribution >= 4 is 22.7 Å². The summed E-state index contributed by atoms with van der Waals surface area (Å²) in [5.74, 6) is 1.22. The zero-order valence-electron chi connectivity index (χ0n) is 19.0. The number of hydrogen-bond donors (Lipinski definition) is 2. The molecule has 2 amide bonds. The first-order valence-electron chi connectivity index (χ1n) is 11.7. The highest BCUT2D eigenvalue weighted by Gasteiger charge is 2.25. The largest absolute Gasteiger partial charge is 0.494 e. The molecule has 1 heterocycles. The Balaban J connectivity index is 1.29. The van der Waals surface area contributed by atoms with Crippen LogP contribution in [-0.2, 0) is 11.2 Å². The number of amides is 2. The van der Waals surface area contributed by atoms with Crippen LogP contribution in [0.15, 0.2) is 54.6 Å². The summed E-state index contributed by atoms with van der Waals surface area (Å²) in [5, 5.41) is 3.90. The molecule has 1 saturated carbocycles. The van der Waals surface area contributed by atoms with Gasteiger partial charge in [0.25, 0.3) is 0 Å². The summed E-state index contributed by atoms with van der Waals surface area (Å²) in [4.78, 5) is 29.2. The summed E-state index contributed by atoms with van der Waals surface area (Å²) in [5.41, 5.74) is 8.91. The van der Waals surface area contributed by atoms with Crippen molar-refractivity contribution in [1.29, 1.82) is 0 Å². The van der Waals surface area contributed by atoms with Crippen molar-refractivity contribution in [2.45, 2.75) is 44.9 Å². The number of carbonyl (C=O) groups is 2. The molecular formula is C27H31N3O3. The molecule has 0 radical (unpaired) electrons. The minimum atomic E-state index is -0.418. The van der Waals surface area contributed by atoms with E-state index >= 15 is 0 Å². The Labute approximate surface area is 194 Å². The minimum absolute atomic E-state index is 0.0450. The Hall–Kier alpha value is -3.41. The van der Waals surface area contributed by atoms with E-state index in [1.165, 1.54) is 0 Å². The van der Waals surface area contributed by atoms with E-state index in [2.05, 4.69) is 5.32 Å². The van der Waals surface area contributed by atoms with Gasteiger partial charge in [-0.3, -0.25) is 14.6 Å². The van der Waals surface area contributed by atoms with Gasteiger partial charge in [0.2, 0.25) is 11.8 Å². The van der Waals surface area contributed by atoms with Gasteiger partial charge in [0.05, 0.1) is 24.1 Å². The van der Waals surface area contributed by atoms with Crippen LogP contribution < -0.4 is 15.8 Å². The molecule has 0 unspecified atom stereocenters. The molecule has 4 rings (SSSR count). The van der Waals surface area contributed by atoms with Crippen LogP contribution in [0, 0.1) is 5.92 Å². The minimum Gasteiger partial charge on any atom is -0.494 e. The van der Waals surface area contributed by atoms with Gasteiger partial charge in [0.15, 0.2) is 0 Å². The number of pyridine rings is 1. The molecule has 1 aromatic heterocycles. The zero-order valence-corrected chi connectivity index (χ0v) is 19.0. The molecule has 0 bridgehead atoms. The number of nitrogens with zero attached hydrogens (tertiary/aromatic N) is 1. The molecule has 2 aromatic carbocycles. The fourth-order valence-corrected chi connectivity index (χ4v) is 4.65. The van der Waals surface area contributed by atoms with Gasteiger partial charge in [0, 0.05) is 23.5 Å². The summed E-state index contributed by atoms with van der Waals surface area (Å²) in [6, 6.07) is 17.2. The van der Waals surface area contributed by atoms with Gasteiger partial charge in [-0.05, 0) is 68.4 Å². The molecule has 6 nitrogen and oxygen atoms in total. The molecule has 3 N–H and O–H groups in total.